The number of nitrogens with two attached hydrogens (primary N) is 1. The predicted octanol–water partition coefficient (Wildman–Crippen LogP) is 6.14. The molecule has 4 rings (SSSR count). The molecule has 138 valence electrons. The minimum absolute atomic E-state index is 0.120. The lowest BCUT2D eigenvalue weighted by atomic mass is 9.95. The van der Waals surface area contributed by atoms with Gasteiger partial charge in [0.1, 0.15) is 28.5 Å². The zero-order chi connectivity index (χ0) is 20.4. The minimum atomic E-state index is 0.120. The van der Waals surface area contributed by atoms with Gasteiger partial charge in [-0.3, -0.25) is 0 Å². The number of rotatable bonds is 3. The summed E-state index contributed by atoms with van der Waals surface area (Å²) in [6, 6.07) is 25.9. The first-order valence-corrected chi connectivity index (χ1v) is 10.3. The van der Waals surface area contributed by atoms with Gasteiger partial charge in [0.2, 0.25) is 0 Å². The van der Waals surface area contributed by atoms with Crippen molar-refractivity contribution in [3.05, 3.63) is 82.3 Å². The summed E-state index contributed by atoms with van der Waals surface area (Å²) in [6.07, 6.45) is 0. The number of anilines is 1. The second-order valence-electron chi connectivity index (χ2n) is 6.27. The normalized spacial score (nSPS) is 10.4. The first kappa shape index (κ1) is 19.0. The molecule has 1 aromatic heterocycles. The quantitative estimate of drug-likeness (QED) is 0.399. The fourth-order valence-corrected chi connectivity index (χ4v) is 4.27. The molecule has 0 atom stereocenters. The molecule has 0 saturated heterocycles. The molecular weight excluding hydrogens is 444 g/mol. The monoisotopic (exact) mass is 456 g/mol. The molecule has 0 radical (unpaired) electrons. The molecule has 0 saturated carbocycles. The van der Waals surface area contributed by atoms with Crippen LogP contribution in [0, 0.1) is 22.7 Å². The van der Waals surface area contributed by atoms with E-state index in [4.69, 9.17) is 5.73 Å². The standard InChI is InChI=1S/C23H13BrN4S/c24-17-7-9-18(10-8-17)29-23-20(13-26)21(19(12-25)22(27)28-23)16-6-5-14-3-1-2-4-15(14)11-16/h1-11H,(H2,27,28). The van der Waals surface area contributed by atoms with Gasteiger partial charge in [0.15, 0.2) is 0 Å². The van der Waals surface area contributed by atoms with Crippen LogP contribution in [0.5, 0.6) is 0 Å². The van der Waals surface area contributed by atoms with Crippen LogP contribution in [0.1, 0.15) is 11.1 Å². The van der Waals surface area contributed by atoms with Gasteiger partial charge < -0.3 is 5.73 Å². The van der Waals surface area contributed by atoms with Crippen molar-refractivity contribution in [2.45, 2.75) is 9.92 Å². The van der Waals surface area contributed by atoms with E-state index in [1.54, 1.807) is 0 Å². The number of hydrogen-bond acceptors (Lipinski definition) is 5. The summed E-state index contributed by atoms with van der Waals surface area (Å²) < 4.78 is 0.964. The predicted molar refractivity (Wildman–Crippen MR) is 119 cm³/mol. The molecule has 0 unspecified atom stereocenters. The fraction of sp³-hybridized carbons (Fsp3) is 0. The molecule has 0 spiro atoms. The van der Waals surface area contributed by atoms with E-state index in [9.17, 15) is 10.5 Å². The number of aromatic nitrogens is 1. The van der Waals surface area contributed by atoms with E-state index >= 15 is 0 Å². The van der Waals surface area contributed by atoms with Gasteiger partial charge in [0, 0.05) is 14.9 Å². The molecule has 1 heterocycles. The number of hydrogen-bond donors (Lipinski definition) is 1. The van der Waals surface area contributed by atoms with Gasteiger partial charge in [-0.25, -0.2) is 4.98 Å². The Morgan fingerprint density at radius 2 is 1.55 bits per heavy atom. The zero-order valence-corrected chi connectivity index (χ0v) is 17.5. The Balaban J connectivity index is 1.93. The van der Waals surface area contributed by atoms with Crippen molar-refractivity contribution < 1.29 is 0 Å². The van der Waals surface area contributed by atoms with Crippen molar-refractivity contribution in [1.29, 1.82) is 10.5 Å². The van der Waals surface area contributed by atoms with Crippen molar-refractivity contribution in [2.75, 3.05) is 5.73 Å². The molecule has 4 nitrogen and oxygen atoms in total. The molecule has 4 aromatic rings. The van der Waals surface area contributed by atoms with Gasteiger partial charge in [-0.2, -0.15) is 10.5 Å². The maximum atomic E-state index is 9.95. The van der Waals surface area contributed by atoms with Crippen LogP contribution < -0.4 is 5.73 Å². The van der Waals surface area contributed by atoms with Crippen LogP contribution >= 0.6 is 27.7 Å². The Hall–Kier alpha value is -3.32. The number of nitrogen functional groups attached to an aromatic ring is 1. The summed E-state index contributed by atoms with van der Waals surface area (Å²) in [5, 5.41) is 22.2. The Labute approximate surface area is 180 Å². The van der Waals surface area contributed by atoms with Crippen LogP contribution in [-0.2, 0) is 0 Å². The van der Waals surface area contributed by atoms with Crippen LogP contribution in [0.3, 0.4) is 0 Å². The molecule has 0 fully saturated rings. The number of nitrogens with zero attached hydrogens (tertiary/aromatic N) is 3. The van der Waals surface area contributed by atoms with E-state index in [0.29, 0.717) is 16.2 Å². The number of fused-ring (bicyclic) bond motifs is 1. The third kappa shape index (κ3) is 3.69. The highest BCUT2D eigenvalue weighted by Crippen LogP contribution is 2.39. The van der Waals surface area contributed by atoms with Crippen LogP contribution in [-0.4, -0.2) is 4.98 Å². The lowest BCUT2D eigenvalue weighted by Crippen LogP contribution is -2.03. The second kappa shape index (κ2) is 7.97. The van der Waals surface area contributed by atoms with Gasteiger partial charge in [-0.05, 0) is 46.7 Å². The zero-order valence-electron chi connectivity index (χ0n) is 15.1. The Kier molecular flexibility index (Phi) is 5.22. The van der Waals surface area contributed by atoms with Crippen molar-refractivity contribution in [2.24, 2.45) is 0 Å². The van der Waals surface area contributed by atoms with E-state index in [0.717, 1.165) is 25.7 Å². The van der Waals surface area contributed by atoms with E-state index < -0.39 is 0 Å². The first-order chi connectivity index (χ1) is 14.1. The second-order valence-corrected chi connectivity index (χ2v) is 8.25. The van der Waals surface area contributed by atoms with Gasteiger partial charge in [0.25, 0.3) is 0 Å². The third-order valence-corrected chi connectivity index (χ3v) is 6.01. The van der Waals surface area contributed by atoms with Crippen LogP contribution in [0.15, 0.2) is 81.1 Å². The lowest BCUT2D eigenvalue weighted by molar-refractivity contribution is 1.11. The van der Waals surface area contributed by atoms with Crippen LogP contribution in [0.4, 0.5) is 5.82 Å². The maximum Gasteiger partial charge on any atom is 0.143 e. The summed E-state index contributed by atoms with van der Waals surface area (Å²) in [4.78, 5) is 5.29. The van der Waals surface area contributed by atoms with Crippen LogP contribution in [0.25, 0.3) is 21.9 Å². The van der Waals surface area contributed by atoms with Gasteiger partial charge in [-0.15, -0.1) is 0 Å². The Morgan fingerprint density at radius 3 is 2.24 bits per heavy atom. The van der Waals surface area contributed by atoms with Crippen molar-refractivity contribution in [3.63, 3.8) is 0 Å². The first-order valence-electron chi connectivity index (χ1n) is 8.67. The largest absolute Gasteiger partial charge is 0.383 e. The highest BCUT2D eigenvalue weighted by molar-refractivity contribution is 9.10. The van der Waals surface area contributed by atoms with E-state index in [-0.39, 0.29) is 11.4 Å². The summed E-state index contributed by atoms with van der Waals surface area (Å²) in [7, 11) is 0. The molecule has 0 bridgehead atoms. The Bertz CT molecular complexity index is 1320. The molecule has 0 aliphatic rings. The average Bonchev–Trinajstić information content (AvgIpc) is 2.74. The van der Waals surface area contributed by atoms with Crippen molar-refractivity contribution >= 4 is 44.3 Å². The number of halogens is 1. The molecule has 0 aliphatic heterocycles. The number of nitriles is 2. The molecular formula is C23H13BrN4S. The molecule has 0 amide bonds. The number of benzene rings is 3. The highest BCUT2D eigenvalue weighted by atomic mass is 79.9. The average molecular weight is 457 g/mol. The molecule has 2 N–H and O–H groups in total. The molecule has 3 aromatic carbocycles. The maximum absolute atomic E-state index is 9.95. The topological polar surface area (TPSA) is 86.5 Å². The van der Waals surface area contributed by atoms with E-state index in [2.05, 4.69) is 33.1 Å². The smallest absolute Gasteiger partial charge is 0.143 e. The summed E-state index contributed by atoms with van der Waals surface area (Å²) in [5.41, 5.74) is 7.97. The summed E-state index contributed by atoms with van der Waals surface area (Å²) >= 11 is 4.77. The van der Waals surface area contributed by atoms with Crippen LogP contribution in [0.2, 0.25) is 0 Å². The SMILES string of the molecule is N#Cc1c(N)nc(Sc2ccc(Br)cc2)c(C#N)c1-c1ccc2ccccc2c1. The molecule has 6 heteroatoms. The summed E-state index contributed by atoms with van der Waals surface area (Å²) in [6.45, 7) is 0. The van der Waals surface area contributed by atoms with E-state index in [1.807, 2.05) is 66.7 Å². The lowest BCUT2D eigenvalue weighted by Gasteiger charge is -2.13. The number of pyridine rings is 1. The van der Waals surface area contributed by atoms with Crippen molar-refractivity contribution in [3.8, 4) is 23.3 Å². The van der Waals surface area contributed by atoms with Gasteiger partial charge in [0.05, 0.1) is 5.56 Å². The Morgan fingerprint density at radius 1 is 0.862 bits per heavy atom. The minimum Gasteiger partial charge on any atom is -0.383 e. The third-order valence-electron chi connectivity index (χ3n) is 4.48. The molecule has 0 aliphatic carbocycles. The van der Waals surface area contributed by atoms with Gasteiger partial charge >= 0.3 is 0 Å². The van der Waals surface area contributed by atoms with Crippen molar-refractivity contribution in [1.82, 2.24) is 4.98 Å². The highest BCUT2D eigenvalue weighted by Gasteiger charge is 2.21. The summed E-state index contributed by atoms with van der Waals surface area (Å²) in [5.74, 6) is 0.120. The van der Waals surface area contributed by atoms with E-state index in [1.165, 1.54) is 11.8 Å². The molecule has 29 heavy (non-hydrogen) atoms. The van der Waals surface area contributed by atoms with Gasteiger partial charge in [-0.1, -0.05) is 64.1 Å². The fourth-order valence-electron chi connectivity index (χ4n) is 3.12.